The van der Waals surface area contributed by atoms with Gasteiger partial charge in [0.05, 0.1) is 39.1 Å². The normalized spacial score (nSPS) is 11.0. The molecule has 6 nitrogen and oxygen atoms in total. The summed E-state index contributed by atoms with van der Waals surface area (Å²) in [5, 5.41) is 1.92. The lowest BCUT2D eigenvalue weighted by Crippen LogP contribution is -2.11. The topological polar surface area (TPSA) is 58.9 Å². The van der Waals surface area contributed by atoms with Gasteiger partial charge in [-0.2, -0.15) is 0 Å². The SMILES string of the molecule is COC(=O)c1ccc2ccn(Cc3ccc(OCCOCCOCCBr)cc3)c2c1. The Bertz CT molecular complexity index is 938. The molecule has 0 aliphatic rings. The minimum Gasteiger partial charge on any atom is -0.491 e. The van der Waals surface area contributed by atoms with Crippen LogP contribution in [0.3, 0.4) is 0 Å². The van der Waals surface area contributed by atoms with Gasteiger partial charge in [-0.15, -0.1) is 0 Å². The zero-order valence-electron chi connectivity index (χ0n) is 17.0. The molecule has 0 spiro atoms. The van der Waals surface area contributed by atoms with E-state index in [0.717, 1.165) is 27.5 Å². The van der Waals surface area contributed by atoms with Crippen LogP contribution in [0.4, 0.5) is 0 Å². The molecule has 0 saturated carbocycles. The summed E-state index contributed by atoms with van der Waals surface area (Å²) in [6.07, 6.45) is 2.02. The van der Waals surface area contributed by atoms with Gasteiger partial charge in [0.1, 0.15) is 12.4 Å². The molecular weight excluding hydrogens is 450 g/mol. The van der Waals surface area contributed by atoms with Gasteiger partial charge in [-0.25, -0.2) is 4.79 Å². The highest BCUT2D eigenvalue weighted by atomic mass is 79.9. The number of hydrogen-bond acceptors (Lipinski definition) is 5. The number of carbonyl (C=O) groups is 1. The number of carbonyl (C=O) groups excluding carboxylic acids is 1. The van der Waals surface area contributed by atoms with Gasteiger partial charge < -0.3 is 23.5 Å². The van der Waals surface area contributed by atoms with Crippen molar-refractivity contribution in [1.82, 2.24) is 4.57 Å². The maximum Gasteiger partial charge on any atom is 0.337 e. The van der Waals surface area contributed by atoms with Gasteiger partial charge in [0.15, 0.2) is 0 Å². The molecule has 160 valence electrons. The summed E-state index contributed by atoms with van der Waals surface area (Å²) >= 11 is 3.31. The van der Waals surface area contributed by atoms with Gasteiger partial charge in [-0.05, 0) is 41.3 Å². The fraction of sp³-hybridized carbons (Fsp3) is 0.348. The summed E-state index contributed by atoms with van der Waals surface area (Å²) in [6.45, 7) is 3.57. The summed E-state index contributed by atoms with van der Waals surface area (Å²) in [5.74, 6) is 0.477. The number of methoxy groups -OCH3 is 1. The standard InChI is InChI=1S/C23H26BrNO5/c1-27-23(26)20-5-4-19-8-10-25(22(19)16-20)17-18-2-6-21(7-3-18)30-15-14-29-13-12-28-11-9-24/h2-8,10,16H,9,11-15,17H2,1H3. The monoisotopic (exact) mass is 475 g/mol. The molecule has 2 aromatic carbocycles. The first-order valence-corrected chi connectivity index (χ1v) is 10.9. The van der Waals surface area contributed by atoms with Crippen molar-refractivity contribution in [2.75, 3.05) is 45.5 Å². The van der Waals surface area contributed by atoms with E-state index in [2.05, 4.69) is 20.5 Å². The van der Waals surface area contributed by atoms with Gasteiger partial charge in [-0.3, -0.25) is 0 Å². The lowest BCUT2D eigenvalue weighted by Gasteiger charge is -2.10. The molecule has 7 heteroatoms. The van der Waals surface area contributed by atoms with Crippen LogP contribution in [0.2, 0.25) is 0 Å². The van der Waals surface area contributed by atoms with E-state index in [1.807, 2.05) is 48.7 Å². The highest BCUT2D eigenvalue weighted by Crippen LogP contribution is 2.20. The van der Waals surface area contributed by atoms with Crippen molar-refractivity contribution < 1.29 is 23.7 Å². The van der Waals surface area contributed by atoms with Crippen LogP contribution in [0.25, 0.3) is 10.9 Å². The molecular formula is C23H26BrNO5. The third-order valence-corrected chi connectivity index (χ3v) is 4.88. The Labute approximate surface area is 184 Å². The molecule has 0 aliphatic carbocycles. The molecule has 30 heavy (non-hydrogen) atoms. The van der Waals surface area contributed by atoms with E-state index in [-0.39, 0.29) is 5.97 Å². The lowest BCUT2D eigenvalue weighted by molar-refractivity contribution is 0.0414. The molecule has 0 radical (unpaired) electrons. The smallest absolute Gasteiger partial charge is 0.337 e. The van der Waals surface area contributed by atoms with Crippen molar-refractivity contribution in [2.45, 2.75) is 6.54 Å². The van der Waals surface area contributed by atoms with Crippen LogP contribution in [0.15, 0.2) is 54.7 Å². The molecule has 3 aromatic rings. The highest BCUT2D eigenvalue weighted by molar-refractivity contribution is 9.09. The summed E-state index contributed by atoms with van der Waals surface area (Å²) in [6, 6.07) is 15.6. The van der Waals surface area contributed by atoms with Crippen molar-refractivity contribution in [2.24, 2.45) is 0 Å². The molecule has 0 N–H and O–H groups in total. The summed E-state index contributed by atoms with van der Waals surface area (Å²) in [4.78, 5) is 11.8. The Morgan fingerprint density at radius 1 is 0.933 bits per heavy atom. The Morgan fingerprint density at radius 3 is 2.40 bits per heavy atom. The van der Waals surface area contributed by atoms with Crippen LogP contribution in [0, 0.1) is 0 Å². The van der Waals surface area contributed by atoms with Gasteiger partial charge in [-0.1, -0.05) is 34.1 Å². The van der Waals surface area contributed by atoms with Crippen LogP contribution < -0.4 is 4.74 Å². The van der Waals surface area contributed by atoms with E-state index < -0.39 is 0 Å². The number of fused-ring (bicyclic) bond motifs is 1. The summed E-state index contributed by atoms with van der Waals surface area (Å²) < 4.78 is 23.4. The average molecular weight is 476 g/mol. The van der Waals surface area contributed by atoms with E-state index in [0.29, 0.717) is 45.1 Å². The van der Waals surface area contributed by atoms with Crippen LogP contribution in [-0.2, 0) is 20.8 Å². The minimum atomic E-state index is -0.332. The van der Waals surface area contributed by atoms with Crippen molar-refractivity contribution in [1.29, 1.82) is 0 Å². The second-order valence-electron chi connectivity index (χ2n) is 6.61. The van der Waals surface area contributed by atoms with Crippen molar-refractivity contribution in [3.63, 3.8) is 0 Å². The Hall–Kier alpha value is -2.35. The van der Waals surface area contributed by atoms with E-state index in [1.54, 1.807) is 6.07 Å². The lowest BCUT2D eigenvalue weighted by atomic mass is 10.1. The molecule has 0 bridgehead atoms. The zero-order valence-corrected chi connectivity index (χ0v) is 18.6. The predicted molar refractivity (Wildman–Crippen MR) is 120 cm³/mol. The number of esters is 1. The number of benzene rings is 2. The maximum atomic E-state index is 11.8. The Morgan fingerprint density at radius 2 is 1.67 bits per heavy atom. The molecule has 0 aliphatic heterocycles. The number of aromatic nitrogens is 1. The van der Waals surface area contributed by atoms with E-state index in [9.17, 15) is 4.79 Å². The summed E-state index contributed by atoms with van der Waals surface area (Å²) in [7, 11) is 1.39. The van der Waals surface area contributed by atoms with E-state index in [1.165, 1.54) is 7.11 Å². The van der Waals surface area contributed by atoms with E-state index in [4.69, 9.17) is 18.9 Å². The molecule has 0 amide bonds. The van der Waals surface area contributed by atoms with Gasteiger partial charge >= 0.3 is 5.97 Å². The zero-order chi connectivity index (χ0) is 21.2. The number of halogens is 1. The third-order valence-electron chi connectivity index (χ3n) is 4.56. The molecule has 0 saturated heterocycles. The molecule has 0 unspecified atom stereocenters. The van der Waals surface area contributed by atoms with Crippen LogP contribution in [0.5, 0.6) is 5.75 Å². The first-order valence-electron chi connectivity index (χ1n) is 9.81. The maximum absolute atomic E-state index is 11.8. The highest BCUT2D eigenvalue weighted by Gasteiger charge is 2.09. The quantitative estimate of drug-likeness (QED) is 0.222. The predicted octanol–water partition coefficient (Wildman–Crippen LogP) is 4.28. The van der Waals surface area contributed by atoms with Crippen LogP contribution >= 0.6 is 15.9 Å². The Kier molecular flexibility index (Phi) is 8.74. The largest absolute Gasteiger partial charge is 0.491 e. The number of hydrogen-bond donors (Lipinski definition) is 0. The molecule has 1 heterocycles. The third kappa shape index (κ3) is 6.32. The van der Waals surface area contributed by atoms with Crippen molar-refractivity contribution >= 4 is 32.8 Å². The molecule has 3 rings (SSSR count). The average Bonchev–Trinajstić information content (AvgIpc) is 3.18. The number of rotatable bonds is 12. The van der Waals surface area contributed by atoms with Gasteiger partial charge in [0, 0.05) is 23.6 Å². The van der Waals surface area contributed by atoms with Crippen LogP contribution in [-0.4, -0.2) is 56.0 Å². The van der Waals surface area contributed by atoms with Crippen molar-refractivity contribution in [3.05, 3.63) is 65.9 Å². The first kappa shape index (κ1) is 22.3. The number of alkyl halides is 1. The number of ether oxygens (including phenoxy) is 4. The fourth-order valence-electron chi connectivity index (χ4n) is 3.05. The fourth-order valence-corrected chi connectivity index (χ4v) is 3.28. The van der Waals surface area contributed by atoms with Crippen molar-refractivity contribution in [3.8, 4) is 5.75 Å². The molecule has 1 aromatic heterocycles. The minimum absolute atomic E-state index is 0.332. The first-order chi connectivity index (χ1) is 14.7. The number of nitrogens with zero attached hydrogens (tertiary/aromatic N) is 1. The molecule has 0 fully saturated rings. The van der Waals surface area contributed by atoms with Gasteiger partial charge in [0.25, 0.3) is 0 Å². The van der Waals surface area contributed by atoms with E-state index >= 15 is 0 Å². The Balaban J connectivity index is 1.50. The molecule has 0 atom stereocenters. The van der Waals surface area contributed by atoms with Crippen LogP contribution in [0.1, 0.15) is 15.9 Å². The summed E-state index contributed by atoms with van der Waals surface area (Å²) in [5.41, 5.74) is 2.68. The second-order valence-corrected chi connectivity index (χ2v) is 7.41. The second kappa shape index (κ2) is 11.7. The van der Waals surface area contributed by atoms with Gasteiger partial charge in [0.2, 0.25) is 0 Å².